The van der Waals surface area contributed by atoms with Crippen molar-refractivity contribution in [3.8, 4) is 11.4 Å². The Morgan fingerprint density at radius 1 is 0.979 bits per heavy atom. The Hall–Kier alpha value is -4.06. The van der Waals surface area contributed by atoms with Crippen molar-refractivity contribution in [2.75, 3.05) is 52.5 Å². The smallest absolute Gasteiger partial charge is 0.335 e. The number of imidazole rings is 1. The summed E-state index contributed by atoms with van der Waals surface area (Å²) in [5.41, 5.74) is 2.96. The molecular formula is C36H47N5O6. The fourth-order valence-electron chi connectivity index (χ4n) is 6.35. The molecule has 1 saturated heterocycles. The van der Waals surface area contributed by atoms with Gasteiger partial charge in [-0.25, -0.2) is 9.78 Å². The number of carbonyl (C=O) groups is 3. The summed E-state index contributed by atoms with van der Waals surface area (Å²) in [7, 11) is 0. The summed E-state index contributed by atoms with van der Waals surface area (Å²) in [4.78, 5) is 51.1. The molecule has 1 fully saturated rings. The van der Waals surface area contributed by atoms with Gasteiger partial charge in [0.2, 0.25) is 0 Å². The van der Waals surface area contributed by atoms with Gasteiger partial charge in [0.15, 0.2) is 0 Å². The number of hydrogen-bond acceptors (Lipinski definition) is 7. The zero-order chi connectivity index (χ0) is 33.3. The molecule has 3 aromatic rings. The molecule has 0 radical (unpaired) electrons. The number of morpholine rings is 1. The number of aromatic nitrogens is 2. The molecular weight excluding hydrogens is 598 g/mol. The van der Waals surface area contributed by atoms with E-state index in [1.54, 1.807) is 17.2 Å². The highest BCUT2D eigenvalue weighted by atomic mass is 16.5. The minimum atomic E-state index is -1.15. The van der Waals surface area contributed by atoms with E-state index < -0.39 is 12.0 Å². The first kappa shape index (κ1) is 34.3. The molecule has 0 bridgehead atoms. The Bertz CT molecular complexity index is 1540. The third-order valence-corrected chi connectivity index (χ3v) is 9.17. The van der Waals surface area contributed by atoms with Crippen molar-refractivity contribution in [1.29, 1.82) is 0 Å². The number of ether oxygens (including phenoxy) is 1. The van der Waals surface area contributed by atoms with Crippen molar-refractivity contribution in [3.05, 3.63) is 76.6 Å². The first-order chi connectivity index (χ1) is 22.8. The molecule has 252 valence electrons. The molecule has 0 aliphatic carbocycles. The Balaban J connectivity index is 1.57. The monoisotopic (exact) mass is 645 g/mol. The Morgan fingerprint density at radius 2 is 1.68 bits per heavy atom. The van der Waals surface area contributed by atoms with Crippen molar-refractivity contribution in [3.63, 3.8) is 0 Å². The van der Waals surface area contributed by atoms with Gasteiger partial charge in [-0.05, 0) is 48.6 Å². The number of carboxylic acid groups (broad SMARTS) is 1. The number of hydrogen-bond donors (Lipinski definition) is 2. The van der Waals surface area contributed by atoms with E-state index in [9.17, 15) is 24.6 Å². The number of unbranched alkanes of at least 4 members (excludes halogenated alkanes) is 2. The van der Waals surface area contributed by atoms with Gasteiger partial charge in [-0.15, -0.1) is 0 Å². The fourth-order valence-corrected chi connectivity index (χ4v) is 6.35. The lowest BCUT2D eigenvalue weighted by molar-refractivity contribution is 0.0364. The average Bonchev–Trinajstić information content (AvgIpc) is 3.53. The molecule has 2 aliphatic heterocycles. The molecule has 0 saturated carbocycles. The van der Waals surface area contributed by atoms with Crippen LogP contribution >= 0.6 is 0 Å². The van der Waals surface area contributed by atoms with Crippen LogP contribution in [0.4, 0.5) is 0 Å². The number of amides is 2. The quantitative estimate of drug-likeness (QED) is 0.267. The minimum absolute atomic E-state index is 0.0249. The number of carbonyl (C=O) groups excluding carboxylic acids is 2. The number of benzene rings is 2. The van der Waals surface area contributed by atoms with Crippen LogP contribution in [0.5, 0.6) is 0 Å². The number of carboxylic acids is 1. The van der Waals surface area contributed by atoms with E-state index in [2.05, 4.69) is 18.7 Å². The predicted octanol–water partition coefficient (Wildman–Crippen LogP) is 4.18. The summed E-state index contributed by atoms with van der Waals surface area (Å²) in [6, 6.07) is 11.9. The SMILES string of the molecule is CCCCN(CCCC)C(=O)c1cn(CCN2CCOCC2)c(-c2ccc(C(=O)O)cc2C(=O)N2Cc3ccccc3CC2CO)n1. The van der Waals surface area contributed by atoms with E-state index in [1.165, 1.54) is 12.1 Å². The molecule has 1 unspecified atom stereocenters. The highest BCUT2D eigenvalue weighted by Gasteiger charge is 2.33. The zero-order valence-electron chi connectivity index (χ0n) is 27.6. The van der Waals surface area contributed by atoms with Gasteiger partial charge in [-0.3, -0.25) is 14.5 Å². The van der Waals surface area contributed by atoms with E-state index in [4.69, 9.17) is 9.72 Å². The number of rotatable bonds is 14. The summed E-state index contributed by atoms with van der Waals surface area (Å²) < 4.78 is 7.44. The largest absolute Gasteiger partial charge is 0.478 e. The normalized spacial score (nSPS) is 16.6. The molecule has 3 heterocycles. The highest BCUT2D eigenvalue weighted by molar-refractivity contribution is 6.03. The van der Waals surface area contributed by atoms with Crippen molar-refractivity contribution in [1.82, 2.24) is 24.3 Å². The fraction of sp³-hybridized carbons (Fsp3) is 0.500. The van der Waals surface area contributed by atoms with Gasteiger partial charge in [0.1, 0.15) is 11.5 Å². The molecule has 0 spiro atoms. The van der Waals surface area contributed by atoms with Crippen LogP contribution < -0.4 is 0 Å². The van der Waals surface area contributed by atoms with Crippen molar-refractivity contribution in [2.45, 2.75) is 65.1 Å². The second-order valence-corrected chi connectivity index (χ2v) is 12.4. The molecule has 1 aromatic heterocycles. The van der Waals surface area contributed by atoms with E-state index >= 15 is 0 Å². The van der Waals surface area contributed by atoms with Gasteiger partial charge in [0.05, 0.1) is 37.0 Å². The summed E-state index contributed by atoms with van der Waals surface area (Å²) in [5, 5.41) is 20.2. The number of aliphatic hydroxyl groups is 1. The van der Waals surface area contributed by atoms with Crippen LogP contribution in [0.3, 0.4) is 0 Å². The van der Waals surface area contributed by atoms with Gasteiger partial charge >= 0.3 is 5.97 Å². The molecule has 1 atom stereocenters. The lowest BCUT2D eigenvalue weighted by Gasteiger charge is -2.36. The number of aromatic carboxylic acids is 1. The lowest BCUT2D eigenvalue weighted by Crippen LogP contribution is -2.46. The van der Waals surface area contributed by atoms with E-state index in [0.717, 1.165) is 49.9 Å². The van der Waals surface area contributed by atoms with Gasteiger partial charge < -0.3 is 29.3 Å². The zero-order valence-corrected chi connectivity index (χ0v) is 27.6. The molecule has 2 aromatic carbocycles. The van der Waals surface area contributed by atoms with Crippen molar-refractivity contribution < 1.29 is 29.3 Å². The lowest BCUT2D eigenvalue weighted by atomic mass is 9.92. The topological polar surface area (TPSA) is 128 Å². The van der Waals surface area contributed by atoms with Gasteiger partial charge in [0.25, 0.3) is 11.8 Å². The second kappa shape index (κ2) is 16.2. The van der Waals surface area contributed by atoms with E-state index in [1.807, 2.05) is 33.7 Å². The highest BCUT2D eigenvalue weighted by Crippen LogP contribution is 2.31. The van der Waals surface area contributed by atoms with Crippen LogP contribution in [0.25, 0.3) is 11.4 Å². The maximum absolute atomic E-state index is 14.4. The average molecular weight is 646 g/mol. The van der Waals surface area contributed by atoms with Crippen LogP contribution in [0.2, 0.25) is 0 Å². The minimum Gasteiger partial charge on any atom is -0.478 e. The van der Waals surface area contributed by atoms with Gasteiger partial charge in [0, 0.05) is 57.6 Å². The van der Waals surface area contributed by atoms with Gasteiger partial charge in [-0.1, -0.05) is 51.0 Å². The molecule has 47 heavy (non-hydrogen) atoms. The molecule has 2 N–H and O–H groups in total. The van der Waals surface area contributed by atoms with Crippen LogP contribution in [-0.2, 0) is 24.2 Å². The number of aliphatic hydroxyl groups excluding tert-OH is 1. The molecule has 11 nitrogen and oxygen atoms in total. The van der Waals surface area contributed by atoms with Crippen LogP contribution in [0.15, 0.2) is 48.7 Å². The summed E-state index contributed by atoms with van der Waals surface area (Å²) in [6.45, 7) is 9.67. The standard InChI is InChI=1S/C36H47N5O6/c1-3-5-13-39(14-6-4-2)35(44)32-24-40(16-15-38-17-19-47-20-18-38)33(37-32)30-12-11-27(36(45)46)22-31(30)34(43)41-23-28-10-8-7-9-26(28)21-29(41)25-42/h7-12,22,24,29,42H,3-6,13-21,23,25H2,1-2H3,(H,45,46). The number of nitrogens with zero attached hydrogens (tertiary/aromatic N) is 5. The molecule has 11 heteroatoms. The maximum Gasteiger partial charge on any atom is 0.335 e. The van der Waals surface area contributed by atoms with E-state index in [-0.39, 0.29) is 36.1 Å². The third kappa shape index (κ3) is 8.09. The second-order valence-electron chi connectivity index (χ2n) is 12.4. The third-order valence-electron chi connectivity index (χ3n) is 9.17. The Labute approximate surface area is 276 Å². The molecule has 5 rings (SSSR count). The number of fused-ring (bicyclic) bond motifs is 1. The van der Waals surface area contributed by atoms with Crippen LogP contribution in [-0.4, -0.2) is 111 Å². The molecule has 2 amide bonds. The first-order valence-corrected chi connectivity index (χ1v) is 16.9. The van der Waals surface area contributed by atoms with E-state index in [0.29, 0.717) is 62.9 Å². The molecule has 2 aliphatic rings. The maximum atomic E-state index is 14.4. The summed E-state index contributed by atoms with van der Waals surface area (Å²) >= 11 is 0. The van der Waals surface area contributed by atoms with Crippen molar-refractivity contribution >= 4 is 17.8 Å². The van der Waals surface area contributed by atoms with Crippen LogP contribution in [0.1, 0.15) is 81.9 Å². The first-order valence-electron chi connectivity index (χ1n) is 16.9. The van der Waals surface area contributed by atoms with Crippen molar-refractivity contribution in [2.24, 2.45) is 0 Å². The Morgan fingerprint density at radius 3 is 2.34 bits per heavy atom. The predicted molar refractivity (Wildman–Crippen MR) is 178 cm³/mol. The van der Waals surface area contributed by atoms with Gasteiger partial charge in [-0.2, -0.15) is 0 Å². The summed E-state index contributed by atoms with van der Waals surface area (Å²) in [5.74, 6) is -1.26. The van der Waals surface area contributed by atoms with Crippen LogP contribution in [0, 0.1) is 0 Å². The Kier molecular flexibility index (Phi) is 11.8. The summed E-state index contributed by atoms with van der Waals surface area (Å²) in [6.07, 6.45) is 5.97.